The lowest BCUT2D eigenvalue weighted by Gasteiger charge is -2.24. The van der Waals surface area contributed by atoms with E-state index < -0.39 is 6.10 Å². The highest BCUT2D eigenvalue weighted by Crippen LogP contribution is 2.23. The standard InChI is InChI=1S/C19H28ClNO2/c1-3-18(23-16-11-12-17(20)14(2)13-16)19(22)21-15-9-7-5-4-6-8-10-15/h11-13,15,18H,3-10H2,1-2H3,(H,21,22)/t18-/m0/s1. The molecule has 0 unspecified atom stereocenters. The Balaban J connectivity index is 1.93. The van der Waals surface area contributed by atoms with Crippen molar-refractivity contribution in [2.45, 2.75) is 77.4 Å². The van der Waals surface area contributed by atoms with Gasteiger partial charge in [-0.3, -0.25) is 4.79 Å². The lowest BCUT2D eigenvalue weighted by Crippen LogP contribution is -2.43. The second kappa shape index (κ2) is 9.17. The van der Waals surface area contributed by atoms with Gasteiger partial charge in [-0.05, 0) is 49.9 Å². The van der Waals surface area contributed by atoms with Crippen LogP contribution in [-0.2, 0) is 4.79 Å². The molecule has 0 bridgehead atoms. The molecule has 1 aliphatic carbocycles. The van der Waals surface area contributed by atoms with Crippen molar-refractivity contribution in [1.82, 2.24) is 5.32 Å². The largest absolute Gasteiger partial charge is 0.481 e. The van der Waals surface area contributed by atoms with Crippen LogP contribution in [0.2, 0.25) is 5.02 Å². The van der Waals surface area contributed by atoms with Crippen LogP contribution < -0.4 is 10.1 Å². The number of carbonyl (C=O) groups excluding carboxylic acids is 1. The number of halogens is 1. The molecule has 1 atom stereocenters. The van der Waals surface area contributed by atoms with Crippen molar-refractivity contribution in [1.29, 1.82) is 0 Å². The van der Waals surface area contributed by atoms with Crippen molar-refractivity contribution in [2.75, 3.05) is 0 Å². The number of hydrogen-bond donors (Lipinski definition) is 1. The van der Waals surface area contributed by atoms with E-state index in [0.717, 1.165) is 18.4 Å². The Bertz CT molecular complexity index is 510. The second-order valence-corrected chi connectivity index (χ2v) is 6.88. The third kappa shape index (κ3) is 5.72. The molecule has 4 heteroatoms. The third-order valence-electron chi connectivity index (χ3n) is 4.52. The summed E-state index contributed by atoms with van der Waals surface area (Å²) in [6.07, 6.45) is 8.69. The number of aryl methyl sites for hydroxylation is 1. The van der Waals surface area contributed by atoms with Crippen molar-refractivity contribution >= 4 is 17.5 Å². The first-order valence-corrected chi connectivity index (χ1v) is 9.21. The Labute approximate surface area is 144 Å². The number of hydrogen-bond acceptors (Lipinski definition) is 2. The molecule has 0 heterocycles. The topological polar surface area (TPSA) is 38.3 Å². The average Bonchev–Trinajstić information content (AvgIpc) is 2.50. The monoisotopic (exact) mass is 337 g/mol. The molecule has 0 spiro atoms. The molecule has 0 radical (unpaired) electrons. The summed E-state index contributed by atoms with van der Waals surface area (Å²) >= 11 is 6.04. The number of ether oxygens (including phenoxy) is 1. The van der Waals surface area contributed by atoms with E-state index in [0.29, 0.717) is 23.2 Å². The lowest BCUT2D eigenvalue weighted by atomic mass is 9.96. The number of nitrogens with one attached hydrogen (secondary N) is 1. The van der Waals surface area contributed by atoms with Gasteiger partial charge in [-0.25, -0.2) is 0 Å². The highest BCUT2D eigenvalue weighted by atomic mass is 35.5. The molecule has 1 fully saturated rings. The van der Waals surface area contributed by atoms with Gasteiger partial charge in [0.2, 0.25) is 0 Å². The molecule has 1 aromatic carbocycles. The van der Waals surface area contributed by atoms with E-state index in [9.17, 15) is 4.79 Å². The maximum atomic E-state index is 12.5. The molecule has 1 aromatic rings. The van der Waals surface area contributed by atoms with Gasteiger partial charge in [0.15, 0.2) is 6.10 Å². The Morgan fingerprint density at radius 3 is 2.52 bits per heavy atom. The van der Waals surface area contributed by atoms with Crippen molar-refractivity contribution in [3.63, 3.8) is 0 Å². The quantitative estimate of drug-likeness (QED) is 0.817. The van der Waals surface area contributed by atoms with Crippen LogP contribution in [0.5, 0.6) is 5.75 Å². The fourth-order valence-corrected chi connectivity index (χ4v) is 3.19. The Morgan fingerprint density at radius 1 is 1.26 bits per heavy atom. The van der Waals surface area contributed by atoms with Crippen LogP contribution in [0.4, 0.5) is 0 Å². The Kier molecular flexibility index (Phi) is 7.22. The first-order chi connectivity index (χ1) is 11.1. The summed E-state index contributed by atoms with van der Waals surface area (Å²) in [7, 11) is 0. The molecule has 1 saturated carbocycles. The molecule has 3 nitrogen and oxygen atoms in total. The predicted octanol–water partition coefficient (Wildman–Crippen LogP) is 5.03. The zero-order valence-corrected chi connectivity index (χ0v) is 15.0. The van der Waals surface area contributed by atoms with Crippen LogP contribution in [-0.4, -0.2) is 18.1 Å². The van der Waals surface area contributed by atoms with E-state index in [-0.39, 0.29) is 5.91 Å². The maximum absolute atomic E-state index is 12.5. The molecular weight excluding hydrogens is 310 g/mol. The highest BCUT2D eigenvalue weighted by molar-refractivity contribution is 6.31. The van der Waals surface area contributed by atoms with Crippen LogP contribution in [0.25, 0.3) is 0 Å². The summed E-state index contributed by atoms with van der Waals surface area (Å²) in [6.45, 7) is 3.91. The molecule has 23 heavy (non-hydrogen) atoms. The molecule has 0 aliphatic heterocycles. The minimum atomic E-state index is -0.444. The van der Waals surface area contributed by atoms with Gasteiger partial charge in [0, 0.05) is 11.1 Å². The van der Waals surface area contributed by atoms with Crippen LogP contribution in [0.3, 0.4) is 0 Å². The minimum Gasteiger partial charge on any atom is -0.481 e. The fourth-order valence-electron chi connectivity index (χ4n) is 3.07. The van der Waals surface area contributed by atoms with Crippen molar-refractivity contribution in [2.24, 2.45) is 0 Å². The van der Waals surface area contributed by atoms with E-state index in [2.05, 4.69) is 5.32 Å². The zero-order valence-electron chi connectivity index (χ0n) is 14.2. The van der Waals surface area contributed by atoms with Gasteiger partial charge in [0.1, 0.15) is 5.75 Å². The normalized spacial score (nSPS) is 17.9. The van der Waals surface area contributed by atoms with Gasteiger partial charge in [0.05, 0.1) is 0 Å². The minimum absolute atomic E-state index is 0.00526. The molecule has 1 aliphatic rings. The van der Waals surface area contributed by atoms with E-state index in [4.69, 9.17) is 16.3 Å². The van der Waals surface area contributed by atoms with Crippen molar-refractivity contribution in [3.05, 3.63) is 28.8 Å². The van der Waals surface area contributed by atoms with Gasteiger partial charge in [-0.15, -0.1) is 0 Å². The smallest absolute Gasteiger partial charge is 0.261 e. The van der Waals surface area contributed by atoms with Crippen LogP contribution >= 0.6 is 11.6 Å². The highest BCUT2D eigenvalue weighted by Gasteiger charge is 2.22. The predicted molar refractivity (Wildman–Crippen MR) is 95.1 cm³/mol. The van der Waals surface area contributed by atoms with E-state index in [1.807, 2.05) is 32.0 Å². The molecule has 128 valence electrons. The Hall–Kier alpha value is -1.22. The molecule has 0 aromatic heterocycles. The maximum Gasteiger partial charge on any atom is 0.261 e. The van der Waals surface area contributed by atoms with Crippen LogP contribution in [0.1, 0.15) is 63.9 Å². The van der Waals surface area contributed by atoms with E-state index >= 15 is 0 Å². The zero-order chi connectivity index (χ0) is 16.7. The summed E-state index contributed by atoms with van der Waals surface area (Å²) in [5.41, 5.74) is 0.958. The summed E-state index contributed by atoms with van der Waals surface area (Å²) < 4.78 is 5.89. The van der Waals surface area contributed by atoms with E-state index in [1.165, 1.54) is 32.1 Å². The summed E-state index contributed by atoms with van der Waals surface area (Å²) in [6, 6.07) is 5.81. The molecule has 1 N–H and O–H groups in total. The number of amides is 1. The first kappa shape index (κ1) is 18.1. The van der Waals surface area contributed by atoms with Gasteiger partial charge in [0.25, 0.3) is 5.91 Å². The summed E-state index contributed by atoms with van der Waals surface area (Å²) in [5, 5.41) is 3.91. The van der Waals surface area contributed by atoms with Gasteiger partial charge in [-0.1, -0.05) is 50.6 Å². The van der Waals surface area contributed by atoms with Crippen molar-refractivity contribution < 1.29 is 9.53 Å². The SMILES string of the molecule is CC[C@H](Oc1ccc(Cl)c(C)c1)C(=O)NC1CCCCCCC1. The summed E-state index contributed by atoms with van der Waals surface area (Å²) in [4.78, 5) is 12.5. The Morgan fingerprint density at radius 2 is 1.91 bits per heavy atom. The van der Waals surface area contributed by atoms with Gasteiger partial charge in [-0.2, -0.15) is 0 Å². The van der Waals surface area contributed by atoms with Crippen molar-refractivity contribution in [3.8, 4) is 5.75 Å². The summed E-state index contributed by atoms with van der Waals surface area (Å²) in [5.74, 6) is 0.706. The molecule has 2 rings (SSSR count). The number of benzene rings is 1. The van der Waals surface area contributed by atoms with Crippen LogP contribution in [0.15, 0.2) is 18.2 Å². The fraction of sp³-hybridized carbons (Fsp3) is 0.632. The average molecular weight is 338 g/mol. The molecular formula is C19H28ClNO2. The van der Waals surface area contributed by atoms with Crippen LogP contribution in [0, 0.1) is 6.92 Å². The van der Waals surface area contributed by atoms with Gasteiger partial charge < -0.3 is 10.1 Å². The molecule has 1 amide bonds. The second-order valence-electron chi connectivity index (χ2n) is 6.48. The lowest BCUT2D eigenvalue weighted by molar-refractivity contribution is -0.129. The third-order valence-corrected chi connectivity index (χ3v) is 4.95. The molecule has 0 saturated heterocycles. The number of carbonyl (C=O) groups is 1. The van der Waals surface area contributed by atoms with Gasteiger partial charge >= 0.3 is 0 Å². The number of rotatable bonds is 5. The first-order valence-electron chi connectivity index (χ1n) is 8.83. The van der Waals surface area contributed by atoms with E-state index in [1.54, 1.807) is 0 Å².